The van der Waals surface area contributed by atoms with Gasteiger partial charge in [-0.1, -0.05) is 71.5 Å². The van der Waals surface area contributed by atoms with Crippen LogP contribution in [0.5, 0.6) is 0 Å². The zero-order chi connectivity index (χ0) is 21.3. The molecule has 0 aliphatic carbocycles. The molecule has 0 bridgehead atoms. The Labute approximate surface area is 183 Å². The molecule has 8 heteroatoms. The van der Waals surface area contributed by atoms with E-state index in [0.29, 0.717) is 21.8 Å². The summed E-state index contributed by atoms with van der Waals surface area (Å²) in [4.78, 5) is 12.5. The van der Waals surface area contributed by atoms with Crippen molar-refractivity contribution in [2.24, 2.45) is 0 Å². The van der Waals surface area contributed by atoms with Crippen LogP contribution in [0.2, 0.25) is 5.02 Å². The molecular weight excluding hydrogens is 440 g/mol. The lowest BCUT2D eigenvalue weighted by Crippen LogP contribution is -2.26. The van der Waals surface area contributed by atoms with E-state index in [2.05, 4.69) is 4.72 Å². The molecule has 0 unspecified atom stereocenters. The first kappa shape index (κ1) is 20.8. The zero-order valence-corrected chi connectivity index (χ0v) is 18.5. The second kappa shape index (κ2) is 8.35. The molecule has 1 N–H and O–H groups in total. The summed E-state index contributed by atoms with van der Waals surface area (Å²) in [5.74, 6) is 0. The van der Waals surface area contributed by atoms with E-state index in [1.807, 2.05) is 48.5 Å². The number of hydrogen-bond donors (Lipinski definition) is 1. The molecule has 0 aliphatic rings. The fraction of sp³-hybridized carbons (Fsp3) is 0.136. The van der Waals surface area contributed by atoms with Crippen molar-refractivity contribution in [3.63, 3.8) is 0 Å². The number of nitrogens with one attached hydrogen (secondary N) is 1. The lowest BCUT2D eigenvalue weighted by Gasteiger charge is -2.14. The Morgan fingerprint density at radius 1 is 1.03 bits per heavy atom. The Morgan fingerprint density at radius 3 is 2.47 bits per heavy atom. The molecule has 0 radical (unpaired) electrons. The monoisotopic (exact) mass is 458 g/mol. The summed E-state index contributed by atoms with van der Waals surface area (Å²) in [7, 11) is -3.74. The molecule has 154 valence electrons. The Balaban J connectivity index is 1.65. The highest BCUT2D eigenvalue weighted by atomic mass is 35.5. The Morgan fingerprint density at radius 2 is 1.73 bits per heavy atom. The molecule has 0 amide bonds. The van der Waals surface area contributed by atoms with Crippen LogP contribution in [0.3, 0.4) is 0 Å². The van der Waals surface area contributed by atoms with Crippen molar-refractivity contribution in [2.45, 2.75) is 24.4 Å². The smallest absolute Gasteiger partial charge is 0.294 e. The minimum atomic E-state index is -3.74. The van der Waals surface area contributed by atoms with Gasteiger partial charge in [-0.05, 0) is 42.3 Å². The number of aromatic nitrogens is 1. The van der Waals surface area contributed by atoms with Crippen LogP contribution >= 0.6 is 22.9 Å². The third-order valence-corrected chi connectivity index (χ3v) is 7.72. The third-order valence-electron chi connectivity index (χ3n) is 4.87. The summed E-state index contributed by atoms with van der Waals surface area (Å²) in [6, 6.07) is 21.1. The van der Waals surface area contributed by atoms with Crippen LogP contribution in [0.4, 0.5) is 0 Å². The summed E-state index contributed by atoms with van der Waals surface area (Å²) < 4.78 is 30.7. The highest BCUT2D eigenvalue weighted by Crippen LogP contribution is 2.25. The summed E-state index contributed by atoms with van der Waals surface area (Å²) >= 11 is 7.25. The Kier molecular flexibility index (Phi) is 5.79. The summed E-state index contributed by atoms with van der Waals surface area (Å²) in [6.07, 6.45) is 0. The molecule has 5 nitrogen and oxygen atoms in total. The first-order valence-corrected chi connectivity index (χ1v) is 12.0. The molecule has 30 heavy (non-hydrogen) atoms. The number of rotatable bonds is 6. The fourth-order valence-electron chi connectivity index (χ4n) is 3.27. The largest absolute Gasteiger partial charge is 0.308 e. The van der Waals surface area contributed by atoms with E-state index in [1.165, 1.54) is 6.07 Å². The highest BCUT2D eigenvalue weighted by Gasteiger charge is 2.20. The molecule has 1 heterocycles. The normalized spacial score (nSPS) is 12.9. The van der Waals surface area contributed by atoms with E-state index in [9.17, 15) is 13.2 Å². The van der Waals surface area contributed by atoms with E-state index in [1.54, 1.807) is 29.7 Å². The lowest BCUT2D eigenvalue weighted by molar-refractivity contribution is 0.567. The van der Waals surface area contributed by atoms with Crippen molar-refractivity contribution in [2.75, 3.05) is 0 Å². The van der Waals surface area contributed by atoms with Crippen molar-refractivity contribution in [3.05, 3.63) is 98.6 Å². The first-order valence-electron chi connectivity index (χ1n) is 9.29. The number of nitrogens with zero attached hydrogens (tertiary/aromatic N) is 1. The molecule has 4 rings (SSSR count). The van der Waals surface area contributed by atoms with Gasteiger partial charge in [0.25, 0.3) is 0 Å². The van der Waals surface area contributed by atoms with Crippen LogP contribution in [0, 0.1) is 0 Å². The van der Waals surface area contributed by atoms with Crippen LogP contribution in [-0.2, 0) is 16.6 Å². The van der Waals surface area contributed by atoms with E-state index in [-0.39, 0.29) is 15.8 Å². The second-order valence-electron chi connectivity index (χ2n) is 6.93. The van der Waals surface area contributed by atoms with Gasteiger partial charge in [0, 0.05) is 11.1 Å². The molecular formula is C22H19ClN2O3S2. The van der Waals surface area contributed by atoms with Crippen LogP contribution in [0.1, 0.15) is 24.1 Å². The van der Waals surface area contributed by atoms with E-state index < -0.39 is 10.0 Å². The van der Waals surface area contributed by atoms with Gasteiger partial charge in [0.2, 0.25) is 10.0 Å². The number of sulfonamides is 1. The van der Waals surface area contributed by atoms with Crippen molar-refractivity contribution in [1.82, 2.24) is 9.29 Å². The first-order chi connectivity index (χ1) is 14.3. The maximum Gasteiger partial charge on any atom is 0.308 e. The maximum absolute atomic E-state index is 12.9. The predicted octanol–water partition coefficient (Wildman–Crippen LogP) is 4.80. The SMILES string of the molecule is C[C@@H](NS(=O)(=O)c1ccc2c(c1)sc(=O)n2Cc1ccccc1Cl)c1ccccc1. The molecule has 0 aliphatic heterocycles. The average molecular weight is 459 g/mol. The van der Waals surface area contributed by atoms with E-state index in [0.717, 1.165) is 22.5 Å². The topological polar surface area (TPSA) is 68.2 Å². The molecule has 1 aromatic heterocycles. The van der Waals surface area contributed by atoms with Crippen LogP contribution in [0.15, 0.2) is 82.5 Å². The van der Waals surface area contributed by atoms with Gasteiger partial charge in [-0.15, -0.1) is 0 Å². The number of hydrogen-bond acceptors (Lipinski definition) is 4. The summed E-state index contributed by atoms with van der Waals surface area (Å²) in [5, 5.41) is 0.585. The van der Waals surface area contributed by atoms with Gasteiger partial charge in [-0.2, -0.15) is 0 Å². The van der Waals surface area contributed by atoms with Crippen LogP contribution in [0.25, 0.3) is 10.2 Å². The number of fused-ring (bicyclic) bond motifs is 1. The third kappa shape index (κ3) is 4.20. The Hall–Kier alpha value is -2.45. The quantitative estimate of drug-likeness (QED) is 0.451. The predicted molar refractivity (Wildman–Crippen MR) is 122 cm³/mol. The molecule has 0 saturated carbocycles. The van der Waals surface area contributed by atoms with Crippen molar-refractivity contribution in [3.8, 4) is 0 Å². The van der Waals surface area contributed by atoms with Gasteiger partial charge in [0.05, 0.1) is 21.7 Å². The minimum absolute atomic E-state index is 0.129. The Bertz CT molecular complexity index is 1360. The van der Waals surface area contributed by atoms with Crippen molar-refractivity contribution >= 4 is 43.2 Å². The minimum Gasteiger partial charge on any atom is -0.294 e. The highest BCUT2D eigenvalue weighted by molar-refractivity contribution is 7.89. The molecule has 4 aromatic rings. The van der Waals surface area contributed by atoms with E-state index in [4.69, 9.17) is 11.6 Å². The van der Waals surface area contributed by atoms with Gasteiger partial charge in [0.1, 0.15) is 0 Å². The van der Waals surface area contributed by atoms with Crippen molar-refractivity contribution < 1.29 is 8.42 Å². The zero-order valence-electron chi connectivity index (χ0n) is 16.1. The molecule has 0 saturated heterocycles. The summed E-state index contributed by atoms with van der Waals surface area (Å²) in [5.41, 5.74) is 2.38. The number of halogens is 1. The molecule has 1 atom stereocenters. The number of thiazole rings is 1. The second-order valence-corrected chi connectivity index (χ2v) is 10.0. The molecule has 3 aromatic carbocycles. The van der Waals surface area contributed by atoms with Gasteiger partial charge >= 0.3 is 4.87 Å². The number of benzene rings is 3. The van der Waals surface area contributed by atoms with Gasteiger partial charge in [-0.25, -0.2) is 13.1 Å². The average Bonchev–Trinajstić information content (AvgIpc) is 3.04. The van der Waals surface area contributed by atoms with Gasteiger partial charge in [-0.3, -0.25) is 9.36 Å². The fourth-order valence-corrected chi connectivity index (χ4v) is 5.73. The summed E-state index contributed by atoms with van der Waals surface area (Å²) in [6.45, 7) is 2.12. The van der Waals surface area contributed by atoms with Crippen LogP contribution < -0.4 is 9.60 Å². The van der Waals surface area contributed by atoms with Crippen LogP contribution in [-0.4, -0.2) is 13.0 Å². The van der Waals surface area contributed by atoms with Gasteiger partial charge < -0.3 is 0 Å². The molecule has 0 fully saturated rings. The van der Waals surface area contributed by atoms with Gasteiger partial charge in [0.15, 0.2) is 0 Å². The maximum atomic E-state index is 12.9. The van der Waals surface area contributed by atoms with Crippen molar-refractivity contribution in [1.29, 1.82) is 0 Å². The lowest BCUT2D eigenvalue weighted by atomic mass is 10.1. The molecule has 0 spiro atoms. The van der Waals surface area contributed by atoms with E-state index >= 15 is 0 Å². The standard InChI is InChI=1S/C22H19ClN2O3S2/c1-15(16-7-3-2-4-8-16)24-30(27,28)18-11-12-20-21(13-18)29-22(26)25(20)14-17-9-5-6-10-19(17)23/h2-13,15,24H,14H2,1H3/t15-/m1/s1.